The fourth-order valence-corrected chi connectivity index (χ4v) is 2.10. The Hall–Kier alpha value is -1.94. The fourth-order valence-electron chi connectivity index (χ4n) is 1.82. The summed E-state index contributed by atoms with van der Waals surface area (Å²) in [5.41, 5.74) is 3.07. The molecule has 0 saturated carbocycles. The van der Waals surface area contributed by atoms with Crippen LogP contribution in [0.3, 0.4) is 0 Å². The van der Waals surface area contributed by atoms with Gasteiger partial charge in [0.1, 0.15) is 5.82 Å². The summed E-state index contributed by atoms with van der Waals surface area (Å²) < 4.78 is 12.9. The van der Waals surface area contributed by atoms with E-state index in [0.29, 0.717) is 27.8 Å². The molecular weight excluding hydrogens is 265 g/mol. The molecule has 98 valence electrons. The molecule has 0 spiro atoms. The van der Waals surface area contributed by atoms with Crippen molar-refractivity contribution >= 4 is 23.0 Å². The zero-order valence-electron chi connectivity index (χ0n) is 10.6. The molecule has 1 aromatic carbocycles. The quantitative estimate of drug-likeness (QED) is 0.659. The molecule has 0 radical (unpaired) electrons. The molecule has 0 fully saturated rings. The first-order valence-electron chi connectivity index (χ1n) is 5.72. The van der Waals surface area contributed by atoms with Gasteiger partial charge in [-0.25, -0.2) is 9.37 Å². The van der Waals surface area contributed by atoms with Gasteiger partial charge in [-0.05, 0) is 37.3 Å². The van der Waals surface area contributed by atoms with Crippen molar-refractivity contribution in [3.05, 3.63) is 46.9 Å². The minimum atomic E-state index is -0.301. The SMILES string of the molecule is CNc1c(C(C)=N)cc(-c2ccc(F)cc2)nc1Cl. The van der Waals surface area contributed by atoms with Crippen LogP contribution in [0.5, 0.6) is 0 Å². The van der Waals surface area contributed by atoms with Crippen molar-refractivity contribution in [1.82, 2.24) is 4.98 Å². The molecular formula is C14H13ClFN3. The summed E-state index contributed by atoms with van der Waals surface area (Å²) in [6.45, 7) is 1.68. The van der Waals surface area contributed by atoms with Crippen molar-refractivity contribution in [2.45, 2.75) is 6.92 Å². The first-order valence-corrected chi connectivity index (χ1v) is 6.10. The lowest BCUT2D eigenvalue weighted by molar-refractivity contribution is 0.628. The molecule has 0 unspecified atom stereocenters. The zero-order valence-corrected chi connectivity index (χ0v) is 11.3. The Bertz CT molecular complexity index is 623. The van der Waals surface area contributed by atoms with E-state index in [4.69, 9.17) is 17.0 Å². The third kappa shape index (κ3) is 2.74. The van der Waals surface area contributed by atoms with E-state index in [1.165, 1.54) is 12.1 Å². The minimum absolute atomic E-state index is 0.297. The van der Waals surface area contributed by atoms with Crippen LogP contribution in [0.4, 0.5) is 10.1 Å². The van der Waals surface area contributed by atoms with Crippen molar-refractivity contribution in [1.29, 1.82) is 5.41 Å². The highest BCUT2D eigenvalue weighted by Gasteiger charge is 2.12. The van der Waals surface area contributed by atoms with E-state index in [0.717, 1.165) is 5.56 Å². The Morgan fingerprint density at radius 2 is 1.95 bits per heavy atom. The predicted molar refractivity (Wildman–Crippen MR) is 76.7 cm³/mol. The van der Waals surface area contributed by atoms with Gasteiger partial charge in [0.15, 0.2) is 5.15 Å². The van der Waals surface area contributed by atoms with Gasteiger partial charge in [0.2, 0.25) is 0 Å². The summed E-state index contributed by atoms with van der Waals surface area (Å²) in [5.74, 6) is -0.301. The number of hydrogen-bond donors (Lipinski definition) is 2. The molecule has 0 aliphatic heterocycles. The summed E-state index contributed by atoms with van der Waals surface area (Å²) in [4.78, 5) is 4.27. The largest absolute Gasteiger partial charge is 0.385 e. The van der Waals surface area contributed by atoms with Crippen LogP contribution in [0.15, 0.2) is 30.3 Å². The number of aromatic nitrogens is 1. The summed E-state index contributed by atoms with van der Waals surface area (Å²) in [7, 11) is 1.73. The molecule has 0 amide bonds. The molecule has 0 bridgehead atoms. The van der Waals surface area contributed by atoms with Crippen molar-refractivity contribution in [2.24, 2.45) is 0 Å². The van der Waals surface area contributed by atoms with Gasteiger partial charge in [0, 0.05) is 23.9 Å². The molecule has 3 nitrogen and oxygen atoms in total. The Morgan fingerprint density at radius 3 is 2.47 bits per heavy atom. The van der Waals surface area contributed by atoms with Gasteiger partial charge in [-0.2, -0.15) is 0 Å². The minimum Gasteiger partial charge on any atom is -0.385 e. The van der Waals surface area contributed by atoms with E-state index in [2.05, 4.69) is 10.3 Å². The normalized spacial score (nSPS) is 10.3. The third-order valence-corrected chi connectivity index (χ3v) is 3.04. The van der Waals surface area contributed by atoms with E-state index in [1.54, 1.807) is 32.2 Å². The number of anilines is 1. The number of nitrogens with zero attached hydrogens (tertiary/aromatic N) is 1. The monoisotopic (exact) mass is 277 g/mol. The number of pyridine rings is 1. The van der Waals surface area contributed by atoms with E-state index >= 15 is 0 Å². The van der Waals surface area contributed by atoms with Crippen LogP contribution in [-0.4, -0.2) is 17.7 Å². The fraction of sp³-hybridized carbons (Fsp3) is 0.143. The molecule has 1 aromatic heterocycles. The first kappa shape index (κ1) is 13.5. The highest BCUT2D eigenvalue weighted by atomic mass is 35.5. The zero-order chi connectivity index (χ0) is 14.0. The van der Waals surface area contributed by atoms with Gasteiger partial charge in [-0.15, -0.1) is 0 Å². The molecule has 2 aromatic rings. The second kappa shape index (κ2) is 5.36. The molecule has 0 atom stereocenters. The lowest BCUT2D eigenvalue weighted by Crippen LogP contribution is -2.03. The average molecular weight is 278 g/mol. The van der Waals surface area contributed by atoms with Gasteiger partial charge in [0.25, 0.3) is 0 Å². The lowest BCUT2D eigenvalue weighted by Gasteiger charge is -2.12. The van der Waals surface area contributed by atoms with Crippen LogP contribution in [-0.2, 0) is 0 Å². The molecule has 19 heavy (non-hydrogen) atoms. The Morgan fingerprint density at radius 1 is 1.32 bits per heavy atom. The summed E-state index contributed by atoms with van der Waals surface area (Å²) >= 11 is 6.12. The summed E-state index contributed by atoms with van der Waals surface area (Å²) in [6, 6.07) is 7.78. The van der Waals surface area contributed by atoms with Gasteiger partial charge >= 0.3 is 0 Å². The maximum absolute atomic E-state index is 12.9. The van der Waals surface area contributed by atoms with Gasteiger partial charge in [-0.3, -0.25) is 0 Å². The number of nitrogens with one attached hydrogen (secondary N) is 2. The molecule has 0 aliphatic carbocycles. The highest BCUT2D eigenvalue weighted by Crippen LogP contribution is 2.29. The molecule has 0 aliphatic rings. The van der Waals surface area contributed by atoms with Crippen molar-refractivity contribution in [2.75, 3.05) is 12.4 Å². The lowest BCUT2D eigenvalue weighted by atomic mass is 10.1. The Kier molecular flexibility index (Phi) is 3.81. The maximum Gasteiger partial charge on any atom is 0.153 e. The van der Waals surface area contributed by atoms with Crippen LogP contribution >= 0.6 is 11.6 Å². The average Bonchev–Trinajstić information content (AvgIpc) is 2.38. The van der Waals surface area contributed by atoms with Crippen LogP contribution < -0.4 is 5.32 Å². The molecule has 1 heterocycles. The van der Waals surface area contributed by atoms with Gasteiger partial charge in [-0.1, -0.05) is 11.6 Å². The van der Waals surface area contributed by atoms with Crippen molar-refractivity contribution < 1.29 is 4.39 Å². The van der Waals surface area contributed by atoms with Crippen LogP contribution in [0.2, 0.25) is 5.15 Å². The maximum atomic E-state index is 12.9. The number of benzene rings is 1. The van der Waals surface area contributed by atoms with Crippen LogP contribution in [0, 0.1) is 11.2 Å². The van der Waals surface area contributed by atoms with E-state index < -0.39 is 0 Å². The first-order chi connectivity index (χ1) is 9.02. The van der Waals surface area contributed by atoms with Crippen LogP contribution in [0.1, 0.15) is 12.5 Å². The predicted octanol–water partition coefficient (Wildman–Crippen LogP) is 3.97. The second-order valence-corrected chi connectivity index (χ2v) is 4.46. The number of hydrogen-bond acceptors (Lipinski definition) is 3. The molecule has 2 N–H and O–H groups in total. The van der Waals surface area contributed by atoms with E-state index in [1.807, 2.05) is 0 Å². The molecule has 0 saturated heterocycles. The van der Waals surface area contributed by atoms with E-state index in [9.17, 15) is 4.39 Å². The van der Waals surface area contributed by atoms with Crippen molar-refractivity contribution in [3.8, 4) is 11.3 Å². The Labute approximate surface area is 116 Å². The molecule has 5 heteroatoms. The standard InChI is InChI=1S/C14H13ClFN3/c1-8(17)11-7-12(19-14(15)13(11)18-2)9-3-5-10(16)6-4-9/h3-7,17-18H,1-2H3. The number of halogens is 2. The van der Waals surface area contributed by atoms with Crippen LogP contribution in [0.25, 0.3) is 11.3 Å². The third-order valence-electron chi connectivity index (χ3n) is 2.77. The smallest absolute Gasteiger partial charge is 0.153 e. The summed E-state index contributed by atoms with van der Waals surface area (Å²) in [5, 5.41) is 11.0. The summed E-state index contributed by atoms with van der Waals surface area (Å²) in [6.07, 6.45) is 0. The van der Waals surface area contributed by atoms with Gasteiger partial charge in [0.05, 0.1) is 11.4 Å². The topological polar surface area (TPSA) is 48.8 Å². The second-order valence-electron chi connectivity index (χ2n) is 4.10. The highest BCUT2D eigenvalue weighted by molar-refractivity contribution is 6.33. The van der Waals surface area contributed by atoms with Gasteiger partial charge < -0.3 is 10.7 Å². The van der Waals surface area contributed by atoms with Crippen molar-refractivity contribution in [3.63, 3.8) is 0 Å². The Balaban J connectivity index is 2.59. The molecule has 2 rings (SSSR count). The number of rotatable bonds is 3. The van der Waals surface area contributed by atoms with E-state index in [-0.39, 0.29) is 5.82 Å².